The van der Waals surface area contributed by atoms with Gasteiger partial charge in [-0.3, -0.25) is 0 Å². The van der Waals surface area contributed by atoms with Gasteiger partial charge in [0.15, 0.2) is 0 Å². The first-order valence-electron chi connectivity index (χ1n) is 5.39. The van der Waals surface area contributed by atoms with E-state index in [4.69, 9.17) is 10.5 Å². The van der Waals surface area contributed by atoms with Gasteiger partial charge in [0.2, 0.25) is 0 Å². The number of rotatable bonds is 4. The van der Waals surface area contributed by atoms with E-state index in [-0.39, 0.29) is 6.10 Å². The minimum Gasteiger partial charge on any atom is -0.372 e. The van der Waals surface area contributed by atoms with Crippen LogP contribution in [0.2, 0.25) is 0 Å². The van der Waals surface area contributed by atoms with Crippen LogP contribution >= 0.6 is 11.8 Å². The summed E-state index contributed by atoms with van der Waals surface area (Å²) in [7, 11) is 0. The van der Waals surface area contributed by atoms with Gasteiger partial charge in [0.05, 0.1) is 12.7 Å². The third-order valence-corrected chi connectivity index (χ3v) is 3.69. The Bertz CT molecular complexity index is 316. The monoisotopic (exact) mass is 223 g/mol. The van der Waals surface area contributed by atoms with E-state index in [0.29, 0.717) is 0 Å². The van der Waals surface area contributed by atoms with Gasteiger partial charge >= 0.3 is 0 Å². The van der Waals surface area contributed by atoms with Crippen LogP contribution in [0.25, 0.3) is 0 Å². The molecule has 0 saturated carbocycles. The first-order chi connectivity index (χ1) is 7.42. The highest BCUT2D eigenvalue weighted by Gasteiger charge is 2.19. The van der Waals surface area contributed by atoms with Crippen LogP contribution in [0.15, 0.2) is 24.3 Å². The number of ether oxygens (including phenoxy) is 1. The molecule has 1 heterocycles. The lowest BCUT2D eigenvalue weighted by Gasteiger charge is -2.25. The molecule has 0 amide bonds. The number of thioether (sulfide) groups is 1. The Hall–Kier alpha value is -0.510. The fourth-order valence-corrected chi connectivity index (χ4v) is 2.71. The first-order valence-corrected chi connectivity index (χ1v) is 6.54. The second-order valence-corrected chi connectivity index (χ2v) is 4.82. The molecule has 1 aliphatic heterocycles. The van der Waals surface area contributed by atoms with Gasteiger partial charge in [-0.2, -0.15) is 11.8 Å². The van der Waals surface area contributed by atoms with Crippen LogP contribution < -0.4 is 5.73 Å². The molecule has 1 aromatic carbocycles. The molecule has 0 aliphatic carbocycles. The number of hydrogen-bond acceptors (Lipinski definition) is 3. The third kappa shape index (κ3) is 2.74. The molecular weight excluding hydrogens is 206 g/mol. The molecule has 2 rings (SSSR count). The molecular formula is C12H17NOS. The van der Waals surface area contributed by atoms with E-state index in [1.807, 2.05) is 11.8 Å². The predicted octanol–water partition coefficient (Wildman–Crippen LogP) is 1.99. The van der Waals surface area contributed by atoms with Crippen molar-refractivity contribution in [3.63, 3.8) is 0 Å². The maximum atomic E-state index is 5.79. The Morgan fingerprint density at radius 3 is 3.13 bits per heavy atom. The zero-order valence-electron chi connectivity index (χ0n) is 8.82. The van der Waals surface area contributed by atoms with Crippen molar-refractivity contribution >= 4 is 11.8 Å². The van der Waals surface area contributed by atoms with Crippen molar-refractivity contribution in [3.05, 3.63) is 35.4 Å². The second-order valence-electron chi connectivity index (χ2n) is 3.67. The zero-order chi connectivity index (χ0) is 10.5. The SMILES string of the molecule is NCCSCC1OCCc2ccccc21. The maximum Gasteiger partial charge on any atom is 0.0918 e. The number of fused-ring (bicyclic) bond motifs is 1. The lowest BCUT2D eigenvalue weighted by molar-refractivity contribution is 0.0588. The molecule has 0 bridgehead atoms. The average molecular weight is 223 g/mol. The van der Waals surface area contributed by atoms with E-state index < -0.39 is 0 Å². The zero-order valence-corrected chi connectivity index (χ0v) is 9.63. The van der Waals surface area contributed by atoms with E-state index >= 15 is 0 Å². The van der Waals surface area contributed by atoms with Crippen LogP contribution in [0.4, 0.5) is 0 Å². The van der Waals surface area contributed by atoms with Gasteiger partial charge in [0.25, 0.3) is 0 Å². The second kappa shape index (κ2) is 5.54. The molecule has 0 spiro atoms. The number of benzene rings is 1. The van der Waals surface area contributed by atoms with Gasteiger partial charge in [-0.25, -0.2) is 0 Å². The summed E-state index contributed by atoms with van der Waals surface area (Å²) in [5.41, 5.74) is 8.29. The highest BCUT2D eigenvalue weighted by molar-refractivity contribution is 7.99. The fraction of sp³-hybridized carbons (Fsp3) is 0.500. The van der Waals surface area contributed by atoms with Gasteiger partial charge < -0.3 is 10.5 Å². The molecule has 15 heavy (non-hydrogen) atoms. The van der Waals surface area contributed by atoms with Gasteiger partial charge in [0, 0.05) is 18.1 Å². The first kappa shape index (κ1) is 11.0. The van der Waals surface area contributed by atoms with Crippen molar-refractivity contribution < 1.29 is 4.74 Å². The molecule has 1 unspecified atom stereocenters. The minimum absolute atomic E-state index is 0.270. The standard InChI is InChI=1S/C12H17NOS/c13-6-8-15-9-12-11-4-2-1-3-10(11)5-7-14-12/h1-4,12H,5-9,13H2. The third-order valence-electron chi connectivity index (χ3n) is 2.62. The predicted molar refractivity (Wildman–Crippen MR) is 65.2 cm³/mol. The molecule has 1 aromatic rings. The maximum absolute atomic E-state index is 5.79. The Labute approximate surface area is 95.2 Å². The number of nitrogens with two attached hydrogens (primary N) is 1. The smallest absolute Gasteiger partial charge is 0.0918 e. The molecule has 82 valence electrons. The van der Waals surface area contributed by atoms with Crippen molar-refractivity contribution in [1.29, 1.82) is 0 Å². The van der Waals surface area contributed by atoms with Crippen LogP contribution in [0.5, 0.6) is 0 Å². The van der Waals surface area contributed by atoms with Crippen molar-refractivity contribution in [2.75, 3.05) is 24.7 Å². The molecule has 0 saturated heterocycles. The Morgan fingerprint density at radius 2 is 2.27 bits per heavy atom. The fourth-order valence-electron chi connectivity index (χ4n) is 1.89. The summed E-state index contributed by atoms with van der Waals surface area (Å²) in [4.78, 5) is 0. The molecule has 2 nitrogen and oxygen atoms in total. The molecule has 1 aliphatic rings. The van der Waals surface area contributed by atoms with Crippen molar-refractivity contribution in [2.45, 2.75) is 12.5 Å². The van der Waals surface area contributed by atoms with Gasteiger partial charge in [-0.1, -0.05) is 24.3 Å². The van der Waals surface area contributed by atoms with Gasteiger partial charge in [-0.05, 0) is 17.5 Å². The summed E-state index contributed by atoms with van der Waals surface area (Å²) < 4.78 is 5.79. The summed E-state index contributed by atoms with van der Waals surface area (Å²) >= 11 is 1.87. The van der Waals surface area contributed by atoms with Crippen LogP contribution in [-0.2, 0) is 11.2 Å². The Morgan fingerprint density at radius 1 is 1.40 bits per heavy atom. The average Bonchev–Trinajstić information content (AvgIpc) is 2.30. The van der Waals surface area contributed by atoms with E-state index in [1.165, 1.54) is 11.1 Å². The van der Waals surface area contributed by atoms with Crippen molar-refractivity contribution in [3.8, 4) is 0 Å². The van der Waals surface area contributed by atoms with Crippen LogP contribution in [-0.4, -0.2) is 24.7 Å². The highest BCUT2D eigenvalue weighted by atomic mass is 32.2. The summed E-state index contributed by atoms with van der Waals surface area (Å²) in [6.07, 6.45) is 1.32. The molecule has 0 fully saturated rings. The normalized spacial score (nSPS) is 19.9. The summed E-state index contributed by atoms with van der Waals surface area (Å²) in [6, 6.07) is 8.59. The minimum atomic E-state index is 0.270. The molecule has 2 N–H and O–H groups in total. The number of hydrogen-bond donors (Lipinski definition) is 1. The summed E-state index contributed by atoms with van der Waals surface area (Å²) in [5, 5.41) is 0. The summed E-state index contributed by atoms with van der Waals surface area (Å²) in [5.74, 6) is 2.04. The van der Waals surface area contributed by atoms with E-state index in [2.05, 4.69) is 24.3 Å². The quantitative estimate of drug-likeness (QED) is 0.793. The Balaban J connectivity index is 2.02. The van der Waals surface area contributed by atoms with E-state index in [9.17, 15) is 0 Å². The Kier molecular flexibility index (Phi) is 4.06. The van der Waals surface area contributed by atoms with Crippen molar-refractivity contribution in [1.82, 2.24) is 0 Å². The van der Waals surface area contributed by atoms with E-state index in [0.717, 1.165) is 31.1 Å². The molecule has 0 radical (unpaired) electrons. The summed E-state index contributed by atoms with van der Waals surface area (Å²) in [6.45, 7) is 1.60. The van der Waals surface area contributed by atoms with E-state index in [1.54, 1.807) is 0 Å². The molecule has 1 atom stereocenters. The lowest BCUT2D eigenvalue weighted by Crippen LogP contribution is -2.18. The lowest BCUT2D eigenvalue weighted by atomic mass is 9.99. The molecule has 0 aromatic heterocycles. The molecule has 3 heteroatoms. The van der Waals surface area contributed by atoms with Crippen LogP contribution in [0.3, 0.4) is 0 Å². The largest absolute Gasteiger partial charge is 0.372 e. The topological polar surface area (TPSA) is 35.2 Å². The van der Waals surface area contributed by atoms with Crippen LogP contribution in [0, 0.1) is 0 Å². The highest BCUT2D eigenvalue weighted by Crippen LogP contribution is 2.29. The van der Waals surface area contributed by atoms with Gasteiger partial charge in [-0.15, -0.1) is 0 Å². The van der Waals surface area contributed by atoms with Gasteiger partial charge in [0.1, 0.15) is 0 Å². The van der Waals surface area contributed by atoms with Crippen LogP contribution in [0.1, 0.15) is 17.2 Å². The van der Waals surface area contributed by atoms with Crippen molar-refractivity contribution in [2.24, 2.45) is 5.73 Å².